The van der Waals surface area contributed by atoms with Crippen LogP contribution in [0.3, 0.4) is 0 Å². The van der Waals surface area contributed by atoms with Gasteiger partial charge in [0, 0.05) is 24.3 Å². The number of aromatic nitrogens is 3. The van der Waals surface area contributed by atoms with E-state index in [1.165, 1.54) is 29.4 Å². The highest BCUT2D eigenvalue weighted by molar-refractivity contribution is 5.90. The molecule has 4 rings (SSSR count). The summed E-state index contributed by atoms with van der Waals surface area (Å²) in [5.74, 6) is 1.48. The van der Waals surface area contributed by atoms with Crippen LogP contribution < -0.4 is 5.32 Å². The van der Waals surface area contributed by atoms with Crippen LogP contribution in [0.1, 0.15) is 29.9 Å². The fourth-order valence-corrected chi connectivity index (χ4v) is 3.30. The first-order chi connectivity index (χ1) is 10.8. The zero-order valence-corrected chi connectivity index (χ0v) is 12.8. The molecule has 1 unspecified atom stereocenters. The maximum atomic E-state index is 4.62. The second-order valence-electron chi connectivity index (χ2n) is 6.07. The topological polar surface area (TPSA) is 42.7 Å². The molecule has 112 valence electrons. The number of rotatable bonds is 2. The molecule has 1 aromatic carbocycles. The van der Waals surface area contributed by atoms with Crippen LogP contribution in [0.4, 0.5) is 0 Å². The Kier molecular flexibility index (Phi) is 3.39. The maximum Gasteiger partial charge on any atom is 0.161 e. The molecular weight excluding hydrogens is 272 g/mol. The van der Waals surface area contributed by atoms with Crippen molar-refractivity contribution in [3.05, 3.63) is 54.0 Å². The molecule has 3 heterocycles. The second-order valence-corrected chi connectivity index (χ2v) is 6.07. The molecule has 0 amide bonds. The lowest BCUT2D eigenvalue weighted by atomic mass is 9.94. The molecule has 1 N–H and O–H groups in total. The Hall–Kier alpha value is -2.20. The van der Waals surface area contributed by atoms with Crippen LogP contribution in [0.15, 0.2) is 42.9 Å². The number of benzene rings is 1. The number of nitrogens with one attached hydrogen (secondary N) is 1. The molecule has 1 aliphatic heterocycles. The van der Waals surface area contributed by atoms with Gasteiger partial charge in [-0.2, -0.15) is 5.10 Å². The van der Waals surface area contributed by atoms with E-state index >= 15 is 0 Å². The Morgan fingerprint density at radius 2 is 2.05 bits per heavy atom. The first-order valence-electron chi connectivity index (χ1n) is 7.93. The largest absolute Gasteiger partial charge is 0.316 e. The summed E-state index contributed by atoms with van der Waals surface area (Å²) in [4.78, 5) is 4.62. The van der Waals surface area contributed by atoms with E-state index in [1.807, 2.05) is 17.1 Å². The van der Waals surface area contributed by atoms with E-state index in [0.717, 1.165) is 24.3 Å². The Morgan fingerprint density at radius 1 is 1.18 bits per heavy atom. The van der Waals surface area contributed by atoms with Crippen molar-refractivity contribution in [3.8, 4) is 5.82 Å². The molecule has 0 spiro atoms. The molecule has 4 heteroatoms. The highest BCUT2D eigenvalue weighted by atomic mass is 15.3. The lowest BCUT2D eigenvalue weighted by Gasteiger charge is -2.21. The summed E-state index contributed by atoms with van der Waals surface area (Å²) >= 11 is 0. The normalized spacial score (nSPS) is 18.7. The van der Waals surface area contributed by atoms with Crippen LogP contribution >= 0.6 is 0 Å². The number of hydrogen-bond acceptors (Lipinski definition) is 3. The van der Waals surface area contributed by atoms with E-state index in [0.29, 0.717) is 5.92 Å². The number of pyridine rings is 1. The summed E-state index contributed by atoms with van der Waals surface area (Å²) in [5.41, 5.74) is 2.50. The highest BCUT2D eigenvalue weighted by Crippen LogP contribution is 2.26. The average Bonchev–Trinajstić information content (AvgIpc) is 3.06. The summed E-state index contributed by atoms with van der Waals surface area (Å²) < 4.78 is 1.92. The van der Waals surface area contributed by atoms with E-state index in [1.54, 1.807) is 0 Å². The minimum absolute atomic E-state index is 0.569. The van der Waals surface area contributed by atoms with Crippen molar-refractivity contribution in [3.63, 3.8) is 0 Å². The molecule has 1 fully saturated rings. The zero-order valence-electron chi connectivity index (χ0n) is 12.8. The molecule has 0 radical (unpaired) electrons. The number of piperidine rings is 1. The van der Waals surface area contributed by atoms with Crippen molar-refractivity contribution in [2.24, 2.45) is 0 Å². The zero-order chi connectivity index (χ0) is 14.9. The standard InChI is InChI=1S/C18H20N4/c1-13-9-20-18(17-7-3-2-6-16(13)17)22-12-15(11-21-22)14-5-4-8-19-10-14/h2-3,6-7,9,11-12,14,19H,4-5,8,10H2,1H3. The summed E-state index contributed by atoms with van der Waals surface area (Å²) in [6, 6.07) is 8.39. The van der Waals surface area contributed by atoms with Gasteiger partial charge in [0.25, 0.3) is 0 Å². The van der Waals surface area contributed by atoms with Gasteiger partial charge in [0.15, 0.2) is 5.82 Å². The molecule has 22 heavy (non-hydrogen) atoms. The fourth-order valence-electron chi connectivity index (χ4n) is 3.30. The summed E-state index contributed by atoms with van der Waals surface area (Å²) in [7, 11) is 0. The van der Waals surface area contributed by atoms with E-state index in [4.69, 9.17) is 0 Å². The molecule has 0 saturated carbocycles. The molecule has 2 aromatic heterocycles. The van der Waals surface area contributed by atoms with Gasteiger partial charge >= 0.3 is 0 Å². The van der Waals surface area contributed by atoms with Crippen molar-refractivity contribution in [1.29, 1.82) is 0 Å². The lowest BCUT2D eigenvalue weighted by Crippen LogP contribution is -2.28. The molecule has 0 aliphatic carbocycles. The Labute approximate surface area is 130 Å². The lowest BCUT2D eigenvalue weighted by molar-refractivity contribution is 0.461. The molecule has 0 bridgehead atoms. The van der Waals surface area contributed by atoms with E-state index in [-0.39, 0.29) is 0 Å². The highest BCUT2D eigenvalue weighted by Gasteiger charge is 2.17. The minimum Gasteiger partial charge on any atom is -0.316 e. The van der Waals surface area contributed by atoms with Gasteiger partial charge in [-0.3, -0.25) is 0 Å². The minimum atomic E-state index is 0.569. The number of nitrogens with zero attached hydrogens (tertiary/aromatic N) is 3. The van der Waals surface area contributed by atoms with Gasteiger partial charge in [0.05, 0.1) is 6.20 Å². The van der Waals surface area contributed by atoms with Gasteiger partial charge in [0.2, 0.25) is 0 Å². The van der Waals surface area contributed by atoms with Gasteiger partial charge in [0.1, 0.15) is 0 Å². The third-order valence-electron chi connectivity index (χ3n) is 4.56. The molecule has 4 nitrogen and oxygen atoms in total. The van der Waals surface area contributed by atoms with Crippen molar-refractivity contribution in [2.75, 3.05) is 13.1 Å². The van der Waals surface area contributed by atoms with Crippen molar-refractivity contribution < 1.29 is 0 Å². The predicted octanol–water partition coefficient (Wildman–Crippen LogP) is 3.20. The average molecular weight is 292 g/mol. The SMILES string of the molecule is Cc1cnc(-n2cc(C3CCCNC3)cn2)c2ccccc12. The smallest absolute Gasteiger partial charge is 0.161 e. The van der Waals surface area contributed by atoms with Crippen molar-refractivity contribution in [2.45, 2.75) is 25.7 Å². The number of aryl methyl sites for hydroxylation is 1. The molecule has 1 aliphatic rings. The second kappa shape index (κ2) is 5.54. The van der Waals surface area contributed by atoms with Gasteiger partial charge in [-0.1, -0.05) is 24.3 Å². The van der Waals surface area contributed by atoms with Crippen LogP contribution in [0.25, 0.3) is 16.6 Å². The van der Waals surface area contributed by atoms with Gasteiger partial charge in [-0.25, -0.2) is 9.67 Å². The van der Waals surface area contributed by atoms with Crippen LogP contribution in [-0.4, -0.2) is 27.9 Å². The van der Waals surface area contributed by atoms with E-state index in [2.05, 4.69) is 52.8 Å². The summed E-state index contributed by atoms with van der Waals surface area (Å²) in [6.45, 7) is 4.28. The van der Waals surface area contributed by atoms with Gasteiger partial charge < -0.3 is 5.32 Å². The van der Waals surface area contributed by atoms with Crippen LogP contribution in [0, 0.1) is 6.92 Å². The van der Waals surface area contributed by atoms with Gasteiger partial charge in [-0.15, -0.1) is 0 Å². The Morgan fingerprint density at radius 3 is 2.86 bits per heavy atom. The Balaban J connectivity index is 1.76. The Bertz CT molecular complexity index is 800. The van der Waals surface area contributed by atoms with Crippen LogP contribution in [-0.2, 0) is 0 Å². The monoisotopic (exact) mass is 292 g/mol. The number of hydrogen-bond donors (Lipinski definition) is 1. The fraction of sp³-hybridized carbons (Fsp3) is 0.333. The third-order valence-corrected chi connectivity index (χ3v) is 4.56. The van der Waals surface area contributed by atoms with E-state index < -0.39 is 0 Å². The predicted molar refractivity (Wildman–Crippen MR) is 88.4 cm³/mol. The summed E-state index contributed by atoms with van der Waals surface area (Å²) in [5, 5.41) is 10.4. The first-order valence-corrected chi connectivity index (χ1v) is 7.93. The molecule has 1 atom stereocenters. The first kappa shape index (κ1) is 13.5. The van der Waals surface area contributed by atoms with Crippen LogP contribution in [0.5, 0.6) is 0 Å². The van der Waals surface area contributed by atoms with Crippen molar-refractivity contribution >= 4 is 10.8 Å². The third kappa shape index (κ3) is 2.29. The van der Waals surface area contributed by atoms with E-state index in [9.17, 15) is 0 Å². The molecular formula is C18H20N4. The quantitative estimate of drug-likeness (QED) is 0.789. The summed E-state index contributed by atoms with van der Waals surface area (Å²) in [6.07, 6.45) is 8.54. The molecule has 3 aromatic rings. The van der Waals surface area contributed by atoms with Crippen LogP contribution in [0.2, 0.25) is 0 Å². The van der Waals surface area contributed by atoms with Crippen molar-refractivity contribution in [1.82, 2.24) is 20.1 Å². The number of fused-ring (bicyclic) bond motifs is 1. The van der Waals surface area contributed by atoms with Gasteiger partial charge in [-0.05, 0) is 48.7 Å². The molecule has 1 saturated heterocycles. The maximum absolute atomic E-state index is 4.62.